The summed E-state index contributed by atoms with van der Waals surface area (Å²) in [6.07, 6.45) is -0.408. The molecule has 142 valence electrons. The molecule has 1 aliphatic heterocycles. The summed E-state index contributed by atoms with van der Waals surface area (Å²) in [7, 11) is 0. The van der Waals surface area contributed by atoms with Gasteiger partial charge in [0.1, 0.15) is 5.82 Å². The lowest BCUT2D eigenvalue weighted by molar-refractivity contribution is -0.0839. The number of halogens is 1. The molecule has 4 atom stereocenters. The van der Waals surface area contributed by atoms with Crippen LogP contribution in [0.3, 0.4) is 0 Å². The van der Waals surface area contributed by atoms with Gasteiger partial charge in [-0.3, -0.25) is 4.90 Å². The molecule has 4 nitrogen and oxygen atoms in total. The largest absolute Gasteiger partial charge is 0.392 e. The SMILES string of the molecule is Cc1ccc(CN2C[C@H]([C@H](C)OC(C)(C)C)NC[C@@H]2[C@H](C)O)cc1F. The number of hydrogen-bond acceptors (Lipinski definition) is 4. The Morgan fingerprint density at radius 3 is 2.60 bits per heavy atom. The topological polar surface area (TPSA) is 44.7 Å². The first kappa shape index (κ1) is 20.3. The molecular formula is C20H33FN2O2. The van der Waals surface area contributed by atoms with Gasteiger partial charge in [-0.15, -0.1) is 0 Å². The van der Waals surface area contributed by atoms with E-state index in [1.807, 2.05) is 19.1 Å². The van der Waals surface area contributed by atoms with Crippen molar-refractivity contribution in [2.75, 3.05) is 13.1 Å². The summed E-state index contributed by atoms with van der Waals surface area (Å²) in [5.41, 5.74) is 1.38. The van der Waals surface area contributed by atoms with Gasteiger partial charge in [-0.1, -0.05) is 12.1 Å². The van der Waals surface area contributed by atoms with Gasteiger partial charge in [0.15, 0.2) is 0 Å². The Balaban J connectivity index is 2.11. The molecule has 0 aliphatic carbocycles. The molecule has 0 aromatic heterocycles. The third-order valence-corrected chi connectivity index (χ3v) is 4.77. The molecule has 5 heteroatoms. The molecule has 1 saturated heterocycles. The first-order chi connectivity index (χ1) is 11.6. The van der Waals surface area contributed by atoms with Gasteiger partial charge < -0.3 is 15.2 Å². The first-order valence-electron chi connectivity index (χ1n) is 9.15. The fraction of sp³-hybridized carbons (Fsp3) is 0.700. The Morgan fingerprint density at radius 1 is 1.36 bits per heavy atom. The summed E-state index contributed by atoms with van der Waals surface area (Å²) in [6.45, 7) is 13.9. The van der Waals surface area contributed by atoms with Gasteiger partial charge in [0.05, 0.1) is 17.8 Å². The highest BCUT2D eigenvalue weighted by Crippen LogP contribution is 2.21. The predicted molar refractivity (Wildman–Crippen MR) is 99.1 cm³/mol. The minimum absolute atomic E-state index is 0.00227. The molecule has 1 fully saturated rings. The summed E-state index contributed by atoms with van der Waals surface area (Å²) >= 11 is 0. The average molecular weight is 352 g/mol. The molecule has 1 aliphatic rings. The lowest BCUT2D eigenvalue weighted by Gasteiger charge is -2.44. The maximum absolute atomic E-state index is 13.9. The van der Waals surface area contributed by atoms with E-state index in [9.17, 15) is 9.50 Å². The molecule has 1 heterocycles. The predicted octanol–water partition coefficient (Wildman–Crippen LogP) is 2.86. The Bertz CT molecular complexity index is 571. The lowest BCUT2D eigenvalue weighted by atomic mass is 10.00. The molecule has 0 bridgehead atoms. The number of aliphatic hydroxyl groups is 1. The Kier molecular flexibility index (Phi) is 6.60. The van der Waals surface area contributed by atoms with Crippen LogP contribution in [0.4, 0.5) is 4.39 Å². The lowest BCUT2D eigenvalue weighted by Crippen LogP contribution is -2.62. The van der Waals surface area contributed by atoms with E-state index in [2.05, 4.69) is 37.9 Å². The van der Waals surface area contributed by atoms with E-state index in [1.54, 1.807) is 13.0 Å². The quantitative estimate of drug-likeness (QED) is 0.855. The standard InChI is InChI=1S/C20H33FN2O2/c1-13-7-8-16(9-17(13)21)11-23-12-18(15(3)25-20(4,5)6)22-10-19(23)14(2)24/h7-9,14-15,18-19,22,24H,10-12H2,1-6H3/t14-,15-,18+,19+/m0/s1. The molecule has 1 aromatic carbocycles. The van der Waals surface area contributed by atoms with E-state index < -0.39 is 6.10 Å². The van der Waals surface area contributed by atoms with Gasteiger partial charge in [-0.25, -0.2) is 4.39 Å². The maximum atomic E-state index is 13.9. The van der Waals surface area contributed by atoms with E-state index in [1.165, 1.54) is 0 Å². The van der Waals surface area contributed by atoms with Crippen molar-refractivity contribution in [2.24, 2.45) is 0 Å². The van der Waals surface area contributed by atoms with Crippen LogP contribution in [0.1, 0.15) is 45.7 Å². The van der Waals surface area contributed by atoms with Crippen molar-refractivity contribution in [3.8, 4) is 0 Å². The molecule has 1 aromatic rings. The smallest absolute Gasteiger partial charge is 0.126 e. The van der Waals surface area contributed by atoms with Crippen molar-refractivity contribution >= 4 is 0 Å². The summed E-state index contributed by atoms with van der Waals surface area (Å²) < 4.78 is 20.0. The molecule has 0 radical (unpaired) electrons. The van der Waals surface area contributed by atoms with Crippen LogP contribution in [0.25, 0.3) is 0 Å². The first-order valence-corrected chi connectivity index (χ1v) is 9.15. The van der Waals surface area contributed by atoms with Crippen molar-refractivity contribution in [1.82, 2.24) is 10.2 Å². The van der Waals surface area contributed by atoms with Crippen LogP contribution in [0.2, 0.25) is 0 Å². The van der Waals surface area contributed by atoms with E-state index >= 15 is 0 Å². The highest BCUT2D eigenvalue weighted by atomic mass is 19.1. The summed E-state index contributed by atoms with van der Waals surface area (Å²) in [5, 5.41) is 13.7. The molecule has 0 saturated carbocycles. The van der Waals surface area contributed by atoms with Gasteiger partial charge in [0.25, 0.3) is 0 Å². The van der Waals surface area contributed by atoms with Crippen LogP contribution in [-0.2, 0) is 11.3 Å². The number of nitrogens with zero attached hydrogens (tertiary/aromatic N) is 1. The van der Waals surface area contributed by atoms with Crippen LogP contribution in [0.15, 0.2) is 18.2 Å². The van der Waals surface area contributed by atoms with Crippen molar-refractivity contribution in [3.63, 3.8) is 0 Å². The minimum Gasteiger partial charge on any atom is -0.392 e. The zero-order valence-electron chi connectivity index (χ0n) is 16.3. The summed E-state index contributed by atoms with van der Waals surface area (Å²) in [4.78, 5) is 2.23. The maximum Gasteiger partial charge on any atom is 0.126 e. The van der Waals surface area contributed by atoms with Gasteiger partial charge in [-0.05, 0) is 58.7 Å². The Labute approximate surface area is 151 Å². The highest BCUT2D eigenvalue weighted by molar-refractivity contribution is 5.23. The summed E-state index contributed by atoms with van der Waals surface area (Å²) in [5.74, 6) is -0.179. The molecule has 25 heavy (non-hydrogen) atoms. The minimum atomic E-state index is -0.456. The Morgan fingerprint density at radius 2 is 2.04 bits per heavy atom. The van der Waals surface area contributed by atoms with Gasteiger partial charge in [-0.2, -0.15) is 0 Å². The van der Waals surface area contributed by atoms with E-state index in [-0.39, 0.29) is 29.6 Å². The van der Waals surface area contributed by atoms with Crippen LogP contribution < -0.4 is 5.32 Å². The molecule has 0 unspecified atom stereocenters. The molecular weight excluding hydrogens is 319 g/mol. The van der Waals surface area contributed by atoms with Gasteiger partial charge in [0, 0.05) is 31.7 Å². The fourth-order valence-electron chi connectivity index (χ4n) is 3.43. The zero-order valence-corrected chi connectivity index (χ0v) is 16.3. The normalized spacial score (nSPS) is 25.0. The third-order valence-electron chi connectivity index (χ3n) is 4.77. The monoisotopic (exact) mass is 352 g/mol. The number of piperazine rings is 1. The fourth-order valence-corrected chi connectivity index (χ4v) is 3.43. The average Bonchev–Trinajstić information content (AvgIpc) is 2.49. The van der Waals surface area contributed by atoms with Crippen molar-refractivity contribution in [1.29, 1.82) is 0 Å². The molecule has 0 spiro atoms. The van der Waals surface area contributed by atoms with Gasteiger partial charge in [0.2, 0.25) is 0 Å². The van der Waals surface area contributed by atoms with E-state index in [0.29, 0.717) is 18.7 Å². The van der Waals surface area contributed by atoms with E-state index in [0.717, 1.165) is 12.1 Å². The Hall–Kier alpha value is -1.01. The number of hydrogen-bond donors (Lipinski definition) is 2. The van der Waals surface area contributed by atoms with Crippen LogP contribution in [-0.4, -0.2) is 53.0 Å². The number of nitrogens with one attached hydrogen (secondary N) is 1. The zero-order chi connectivity index (χ0) is 18.8. The van der Waals surface area contributed by atoms with Crippen LogP contribution in [0.5, 0.6) is 0 Å². The number of rotatable bonds is 5. The van der Waals surface area contributed by atoms with Gasteiger partial charge >= 0.3 is 0 Å². The van der Waals surface area contributed by atoms with E-state index in [4.69, 9.17) is 4.74 Å². The third kappa shape index (κ3) is 5.74. The molecule has 2 N–H and O–H groups in total. The second-order valence-corrected chi connectivity index (χ2v) is 8.27. The molecule has 2 rings (SSSR count). The van der Waals surface area contributed by atoms with Crippen molar-refractivity contribution < 1.29 is 14.2 Å². The van der Waals surface area contributed by atoms with Crippen molar-refractivity contribution in [3.05, 3.63) is 35.1 Å². The summed E-state index contributed by atoms with van der Waals surface area (Å²) in [6, 6.07) is 5.55. The highest BCUT2D eigenvalue weighted by Gasteiger charge is 2.34. The molecule has 0 amide bonds. The second kappa shape index (κ2) is 8.12. The number of aliphatic hydroxyl groups excluding tert-OH is 1. The number of benzene rings is 1. The number of ether oxygens (including phenoxy) is 1. The second-order valence-electron chi connectivity index (χ2n) is 8.27. The number of aryl methyl sites for hydroxylation is 1. The van der Waals surface area contributed by atoms with Crippen LogP contribution in [0, 0.1) is 12.7 Å². The van der Waals surface area contributed by atoms with Crippen molar-refractivity contribution in [2.45, 2.75) is 78.0 Å². The van der Waals surface area contributed by atoms with Crippen LogP contribution >= 0.6 is 0 Å².